The van der Waals surface area contributed by atoms with Crippen molar-refractivity contribution in [2.45, 2.75) is 13.3 Å². The molecule has 0 aliphatic heterocycles. The lowest BCUT2D eigenvalue weighted by atomic mass is 10.1. The summed E-state index contributed by atoms with van der Waals surface area (Å²) in [5.41, 5.74) is -1.08. The molecular weight excluding hydrogens is 258 g/mol. The van der Waals surface area contributed by atoms with Crippen molar-refractivity contribution in [2.75, 3.05) is 6.61 Å². The van der Waals surface area contributed by atoms with E-state index in [-0.39, 0.29) is 18.6 Å². The zero-order valence-electron chi connectivity index (χ0n) is 10.00. The molecule has 0 spiro atoms. The van der Waals surface area contributed by atoms with E-state index >= 15 is 0 Å². The molecule has 0 fully saturated rings. The van der Waals surface area contributed by atoms with Crippen molar-refractivity contribution >= 4 is 11.9 Å². The van der Waals surface area contributed by atoms with E-state index in [1.807, 2.05) is 0 Å². The maximum atomic E-state index is 13.4. The fourth-order valence-corrected chi connectivity index (χ4v) is 1.23. The van der Waals surface area contributed by atoms with Crippen molar-refractivity contribution in [1.82, 2.24) is 0 Å². The second-order valence-corrected chi connectivity index (χ2v) is 3.40. The second-order valence-electron chi connectivity index (χ2n) is 3.40. The normalized spacial score (nSPS) is 9.42. The summed E-state index contributed by atoms with van der Waals surface area (Å²) in [5.74, 6) is 0.385. The van der Waals surface area contributed by atoms with Gasteiger partial charge in [0, 0.05) is 0 Å². The summed E-state index contributed by atoms with van der Waals surface area (Å²) in [6.07, 6.45) is -0.254. The molecule has 0 saturated carbocycles. The molecule has 0 unspecified atom stereocenters. The number of carbonyl (C=O) groups is 2. The number of carboxylic acid groups (broad SMARTS) is 1. The van der Waals surface area contributed by atoms with Crippen LogP contribution in [0.5, 0.6) is 0 Å². The fourth-order valence-electron chi connectivity index (χ4n) is 1.23. The highest BCUT2D eigenvalue weighted by atomic mass is 19.1. The molecule has 0 bridgehead atoms. The van der Waals surface area contributed by atoms with Gasteiger partial charge in [-0.2, -0.15) is 0 Å². The predicted molar refractivity (Wildman–Crippen MR) is 61.4 cm³/mol. The third-order valence-corrected chi connectivity index (χ3v) is 2.05. The Bertz CT molecular complexity index is 570. The second kappa shape index (κ2) is 6.50. The summed E-state index contributed by atoms with van der Waals surface area (Å²) < 4.78 is 31.3. The number of hydrogen-bond donors (Lipinski definition) is 1. The van der Waals surface area contributed by atoms with Crippen molar-refractivity contribution in [3.05, 3.63) is 34.9 Å². The molecule has 0 aliphatic carbocycles. The molecule has 1 aromatic carbocycles. The van der Waals surface area contributed by atoms with Crippen LogP contribution in [0.1, 0.15) is 29.3 Å². The first-order valence-electron chi connectivity index (χ1n) is 5.32. The highest BCUT2D eigenvalue weighted by Crippen LogP contribution is 2.14. The van der Waals surface area contributed by atoms with Crippen LogP contribution in [0.4, 0.5) is 8.78 Å². The molecule has 6 heteroatoms. The van der Waals surface area contributed by atoms with Crippen molar-refractivity contribution in [3.63, 3.8) is 0 Å². The Morgan fingerprint density at radius 2 is 2.00 bits per heavy atom. The molecule has 0 amide bonds. The number of carbonyl (C=O) groups excluding carboxylic acids is 1. The summed E-state index contributed by atoms with van der Waals surface area (Å²) in [6, 6.07) is 1.23. The zero-order valence-corrected chi connectivity index (χ0v) is 10.00. The van der Waals surface area contributed by atoms with Crippen molar-refractivity contribution in [1.29, 1.82) is 0 Å². The molecule has 0 heterocycles. The van der Waals surface area contributed by atoms with Gasteiger partial charge in [0.15, 0.2) is 0 Å². The average Bonchev–Trinajstić information content (AvgIpc) is 2.33. The third kappa shape index (κ3) is 4.07. The van der Waals surface area contributed by atoms with E-state index < -0.39 is 29.1 Å². The van der Waals surface area contributed by atoms with E-state index in [0.29, 0.717) is 12.1 Å². The first-order chi connectivity index (χ1) is 8.95. The van der Waals surface area contributed by atoms with Gasteiger partial charge >= 0.3 is 11.9 Å². The van der Waals surface area contributed by atoms with Gasteiger partial charge < -0.3 is 9.84 Å². The fraction of sp³-hybridized carbons (Fsp3) is 0.231. The molecule has 4 nitrogen and oxygen atoms in total. The zero-order chi connectivity index (χ0) is 14.4. The van der Waals surface area contributed by atoms with Crippen LogP contribution in [0.15, 0.2) is 12.1 Å². The van der Waals surface area contributed by atoms with Crippen LogP contribution in [0.25, 0.3) is 0 Å². The van der Waals surface area contributed by atoms with Crippen LogP contribution >= 0.6 is 0 Å². The minimum absolute atomic E-state index is 0.205. The molecule has 0 atom stereocenters. The van der Waals surface area contributed by atoms with Gasteiger partial charge in [-0.3, -0.25) is 4.79 Å². The molecular formula is C13H10F2O4. The number of esters is 1. The Balaban J connectivity index is 2.92. The van der Waals surface area contributed by atoms with Crippen LogP contribution in [-0.4, -0.2) is 23.7 Å². The van der Waals surface area contributed by atoms with Crippen LogP contribution in [0.3, 0.4) is 0 Å². The van der Waals surface area contributed by atoms with Gasteiger partial charge in [-0.05, 0) is 19.1 Å². The standard InChI is InChI=1S/C13H10F2O4/c1-2-19-12(16)5-3-4-8-6-11(15)9(13(17)18)7-10(8)14/h6-7H,2,5H2,1H3,(H,17,18). The van der Waals surface area contributed by atoms with Crippen LogP contribution in [0, 0.1) is 23.5 Å². The highest BCUT2D eigenvalue weighted by molar-refractivity contribution is 5.88. The Morgan fingerprint density at radius 3 is 2.58 bits per heavy atom. The molecule has 0 saturated heterocycles. The summed E-state index contributed by atoms with van der Waals surface area (Å²) in [7, 11) is 0. The summed E-state index contributed by atoms with van der Waals surface area (Å²) in [6.45, 7) is 1.84. The van der Waals surface area contributed by atoms with Gasteiger partial charge in [-0.25, -0.2) is 13.6 Å². The lowest BCUT2D eigenvalue weighted by Crippen LogP contribution is -2.03. The maximum absolute atomic E-state index is 13.4. The first kappa shape index (κ1) is 14.6. The van der Waals surface area contributed by atoms with Crippen LogP contribution in [-0.2, 0) is 9.53 Å². The van der Waals surface area contributed by atoms with Crippen molar-refractivity contribution < 1.29 is 28.2 Å². The van der Waals surface area contributed by atoms with Crippen LogP contribution < -0.4 is 0 Å². The first-order valence-corrected chi connectivity index (χ1v) is 5.32. The molecule has 19 heavy (non-hydrogen) atoms. The quantitative estimate of drug-likeness (QED) is 0.672. The van der Waals surface area contributed by atoms with Crippen molar-refractivity contribution in [2.24, 2.45) is 0 Å². The lowest BCUT2D eigenvalue weighted by molar-refractivity contribution is -0.141. The Kier molecular flexibility index (Phi) is 5.01. The molecule has 0 aliphatic rings. The number of hydrogen-bond acceptors (Lipinski definition) is 3. The van der Waals surface area contributed by atoms with E-state index in [9.17, 15) is 18.4 Å². The monoisotopic (exact) mass is 268 g/mol. The van der Waals surface area contributed by atoms with Gasteiger partial charge in [0.1, 0.15) is 18.1 Å². The number of rotatable bonds is 3. The van der Waals surface area contributed by atoms with Gasteiger partial charge in [0.05, 0.1) is 17.7 Å². The summed E-state index contributed by atoms with van der Waals surface area (Å²) in [4.78, 5) is 21.5. The molecule has 100 valence electrons. The topological polar surface area (TPSA) is 63.6 Å². The van der Waals surface area contributed by atoms with Gasteiger partial charge in [-0.1, -0.05) is 11.8 Å². The minimum atomic E-state index is -1.57. The number of benzene rings is 1. The maximum Gasteiger partial charge on any atom is 0.338 e. The molecule has 0 aromatic heterocycles. The largest absolute Gasteiger partial charge is 0.478 e. The van der Waals surface area contributed by atoms with Crippen LogP contribution in [0.2, 0.25) is 0 Å². The van der Waals surface area contributed by atoms with Crippen molar-refractivity contribution in [3.8, 4) is 11.8 Å². The number of carboxylic acids is 1. The summed E-state index contributed by atoms with van der Waals surface area (Å²) in [5, 5.41) is 8.59. The smallest absolute Gasteiger partial charge is 0.338 e. The molecule has 1 N–H and O–H groups in total. The Hall–Kier alpha value is -2.42. The average molecular weight is 268 g/mol. The van der Waals surface area contributed by atoms with Gasteiger partial charge in [0.25, 0.3) is 0 Å². The van der Waals surface area contributed by atoms with E-state index in [4.69, 9.17) is 5.11 Å². The predicted octanol–water partition coefficient (Wildman–Crippen LogP) is 1.97. The summed E-state index contributed by atoms with van der Waals surface area (Å²) >= 11 is 0. The molecule has 1 aromatic rings. The van der Waals surface area contributed by atoms with E-state index in [1.54, 1.807) is 6.92 Å². The number of aromatic carboxylic acids is 1. The number of halogens is 2. The SMILES string of the molecule is CCOC(=O)CC#Cc1cc(F)c(C(=O)O)cc1F. The Morgan fingerprint density at radius 1 is 1.32 bits per heavy atom. The highest BCUT2D eigenvalue weighted by Gasteiger charge is 2.14. The van der Waals surface area contributed by atoms with E-state index in [2.05, 4.69) is 16.6 Å². The molecule has 0 radical (unpaired) electrons. The molecule has 1 rings (SSSR count). The van der Waals surface area contributed by atoms with E-state index in [1.165, 1.54) is 0 Å². The lowest BCUT2D eigenvalue weighted by Gasteiger charge is -2.00. The number of ether oxygens (including phenoxy) is 1. The Labute approximate surface area is 108 Å². The van der Waals surface area contributed by atoms with Gasteiger partial charge in [0.2, 0.25) is 0 Å². The minimum Gasteiger partial charge on any atom is -0.478 e. The van der Waals surface area contributed by atoms with E-state index in [0.717, 1.165) is 0 Å². The van der Waals surface area contributed by atoms with Gasteiger partial charge in [-0.15, -0.1) is 0 Å². The third-order valence-electron chi connectivity index (χ3n) is 2.05.